The summed E-state index contributed by atoms with van der Waals surface area (Å²) in [5.41, 5.74) is 1.53. The van der Waals surface area contributed by atoms with Crippen molar-refractivity contribution in [2.24, 2.45) is 0 Å². The Morgan fingerprint density at radius 2 is 1.74 bits per heavy atom. The normalized spacial score (nSPS) is 13.3. The van der Waals surface area contributed by atoms with Gasteiger partial charge in [0.15, 0.2) is 0 Å². The zero-order valence-electron chi connectivity index (χ0n) is 13.1. The summed E-state index contributed by atoms with van der Waals surface area (Å²) in [4.78, 5) is 0. The van der Waals surface area contributed by atoms with Crippen LogP contribution in [0.25, 0.3) is 0 Å². The maximum absolute atomic E-state index is 6.03. The van der Waals surface area contributed by atoms with Gasteiger partial charge in [-0.25, -0.2) is 0 Å². The SMILES string of the molecule is CCCc1ccc(OC(CC)CNC(C)(C)C)cc1. The standard InChI is InChI=1S/C17H29NO/c1-6-8-14-9-11-16(12-10-14)19-15(7-2)13-18-17(3,4)5/h9-12,15,18H,6-8,13H2,1-5H3. The summed E-state index contributed by atoms with van der Waals surface area (Å²) in [5.74, 6) is 0.974. The first-order chi connectivity index (χ1) is 8.94. The number of benzene rings is 1. The minimum Gasteiger partial charge on any atom is -0.489 e. The fourth-order valence-corrected chi connectivity index (χ4v) is 1.91. The monoisotopic (exact) mass is 263 g/mol. The molecule has 0 aliphatic heterocycles. The highest BCUT2D eigenvalue weighted by molar-refractivity contribution is 5.27. The molecule has 2 heteroatoms. The zero-order valence-corrected chi connectivity index (χ0v) is 13.1. The van der Waals surface area contributed by atoms with Gasteiger partial charge in [0, 0.05) is 12.1 Å². The number of nitrogens with one attached hydrogen (secondary N) is 1. The highest BCUT2D eigenvalue weighted by Crippen LogP contribution is 2.16. The number of ether oxygens (including phenoxy) is 1. The zero-order chi connectivity index (χ0) is 14.3. The lowest BCUT2D eigenvalue weighted by Crippen LogP contribution is -2.42. The largest absolute Gasteiger partial charge is 0.489 e. The molecule has 0 spiro atoms. The minimum atomic E-state index is 0.141. The van der Waals surface area contributed by atoms with Gasteiger partial charge in [-0.2, -0.15) is 0 Å². The summed E-state index contributed by atoms with van der Waals surface area (Å²) in [7, 11) is 0. The van der Waals surface area contributed by atoms with Crippen molar-refractivity contribution in [3.63, 3.8) is 0 Å². The Kier molecular flexibility index (Phi) is 6.36. The van der Waals surface area contributed by atoms with Gasteiger partial charge in [0.2, 0.25) is 0 Å². The number of hydrogen-bond donors (Lipinski definition) is 1. The molecule has 0 aliphatic rings. The van der Waals surface area contributed by atoms with Crippen molar-refractivity contribution in [3.8, 4) is 5.75 Å². The van der Waals surface area contributed by atoms with E-state index in [1.165, 1.54) is 12.0 Å². The second kappa shape index (κ2) is 7.54. The predicted octanol–water partition coefficient (Wildman–Crippen LogP) is 4.18. The van der Waals surface area contributed by atoms with Gasteiger partial charge in [-0.15, -0.1) is 0 Å². The molecule has 1 unspecified atom stereocenters. The Morgan fingerprint density at radius 1 is 1.11 bits per heavy atom. The molecule has 1 aromatic carbocycles. The van der Waals surface area contributed by atoms with Crippen LogP contribution in [0.4, 0.5) is 0 Å². The Bertz CT molecular complexity index is 351. The lowest BCUT2D eigenvalue weighted by Gasteiger charge is -2.25. The molecule has 0 fully saturated rings. The fraction of sp³-hybridized carbons (Fsp3) is 0.647. The molecule has 1 aromatic rings. The molecule has 1 atom stereocenters. The van der Waals surface area contributed by atoms with Gasteiger partial charge in [-0.05, 0) is 51.3 Å². The van der Waals surface area contributed by atoms with E-state index in [-0.39, 0.29) is 11.6 Å². The van der Waals surface area contributed by atoms with Crippen LogP contribution in [0.2, 0.25) is 0 Å². The Hall–Kier alpha value is -1.02. The molecule has 0 aliphatic carbocycles. The van der Waals surface area contributed by atoms with E-state index in [9.17, 15) is 0 Å². The summed E-state index contributed by atoms with van der Waals surface area (Å²) < 4.78 is 6.03. The van der Waals surface area contributed by atoms with E-state index < -0.39 is 0 Å². The van der Waals surface area contributed by atoms with E-state index in [0.29, 0.717) is 0 Å². The van der Waals surface area contributed by atoms with Gasteiger partial charge >= 0.3 is 0 Å². The van der Waals surface area contributed by atoms with Gasteiger partial charge in [0.05, 0.1) is 0 Å². The van der Waals surface area contributed by atoms with Crippen molar-refractivity contribution in [1.29, 1.82) is 0 Å². The molecule has 0 saturated heterocycles. The van der Waals surface area contributed by atoms with Crippen LogP contribution in [-0.4, -0.2) is 18.2 Å². The third-order valence-corrected chi connectivity index (χ3v) is 3.08. The van der Waals surface area contributed by atoms with Crippen molar-refractivity contribution in [2.75, 3.05) is 6.54 Å². The summed E-state index contributed by atoms with van der Waals surface area (Å²) in [5, 5.41) is 3.50. The lowest BCUT2D eigenvalue weighted by molar-refractivity contribution is 0.181. The highest BCUT2D eigenvalue weighted by atomic mass is 16.5. The predicted molar refractivity (Wildman–Crippen MR) is 82.9 cm³/mol. The summed E-state index contributed by atoms with van der Waals surface area (Å²) in [6, 6.07) is 8.51. The highest BCUT2D eigenvalue weighted by Gasteiger charge is 2.14. The van der Waals surface area contributed by atoms with Crippen molar-refractivity contribution < 1.29 is 4.74 Å². The van der Waals surface area contributed by atoms with Crippen LogP contribution in [0, 0.1) is 0 Å². The first-order valence-corrected chi connectivity index (χ1v) is 7.45. The Morgan fingerprint density at radius 3 is 2.21 bits per heavy atom. The maximum Gasteiger partial charge on any atom is 0.119 e. The van der Waals surface area contributed by atoms with Gasteiger partial charge < -0.3 is 10.1 Å². The molecule has 2 nitrogen and oxygen atoms in total. The maximum atomic E-state index is 6.03. The molecule has 0 bridgehead atoms. The van der Waals surface area contributed by atoms with Crippen LogP contribution in [0.5, 0.6) is 5.75 Å². The van der Waals surface area contributed by atoms with E-state index in [0.717, 1.165) is 25.1 Å². The number of hydrogen-bond acceptors (Lipinski definition) is 2. The van der Waals surface area contributed by atoms with Crippen molar-refractivity contribution in [3.05, 3.63) is 29.8 Å². The third kappa shape index (κ3) is 6.63. The van der Waals surface area contributed by atoms with Gasteiger partial charge in [-0.1, -0.05) is 32.4 Å². The van der Waals surface area contributed by atoms with Crippen molar-refractivity contribution in [2.45, 2.75) is 65.5 Å². The van der Waals surface area contributed by atoms with E-state index >= 15 is 0 Å². The van der Waals surface area contributed by atoms with Gasteiger partial charge in [-0.3, -0.25) is 0 Å². The average Bonchev–Trinajstić information content (AvgIpc) is 2.36. The topological polar surface area (TPSA) is 21.3 Å². The summed E-state index contributed by atoms with van der Waals surface area (Å²) in [6.45, 7) is 11.8. The molecule has 0 amide bonds. The second-order valence-corrected chi connectivity index (χ2v) is 6.17. The molecule has 0 aromatic heterocycles. The van der Waals surface area contributed by atoms with E-state index in [1.54, 1.807) is 0 Å². The van der Waals surface area contributed by atoms with Gasteiger partial charge in [0.25, 0.3) is 0 Å². The van der Waals surface area contributed by atoms with Crippen LogP contribution in [0.1, 0.15) is 53.0 Å². The molecule has 1 rings (SSSR count). The van der Waals surface area contributed by atoms with Gasteiger partial charge in [0.1, 0.15) is 11.9 Å². The summed E-state index contributed by atoms with van der Waals surface area (Å²) >= 11 is 0. The summed E-state index contributed by atoms with van der Waals surface area (Å²) in [6.07, 6.45) is 3.58. The second-order valence-electron chi connectivity index (χ2n) is 6.17. The average molecular weight is 263 g/mol. The van der Waals surface area contributed by atoms with Crippen molar-refractivity contribution in [1.82, 2.24) is 5.32 Å². The van der Waals surface area contributed by atoms with Crippen LogP contribution < -0.4 is 10.1 Å². The Balaban J connectivity index is 2.50. The van der Waals surface area contributed by atoms with Crippen LogP contribution in [0.3, 0.4) is 0 Å². The number of aryl methyl sites for hydroxylation is 1. The molecule has 1 N–H and O–H groups in total. The smallest absolute Gasteiger partial charge is 0.119 e. The molecule has 108 valence electrons. The van der Waals surface area contributed by atoms with E-state index in [2.05, 4.69) is 64.2 Å². The quantitative estimate of drug-likeness (QED) is 0.796. The first kappa shape index (κ1) is 16.0. The fourth-order valence-electron chi connectivity index (χ4n) is 1.91. The molecular weight excluding hydrogens is 234 g/mol. The molecule has 0 heterocycles. The molecular formula is C17H29NO. The van der Waals surface area contributed by atoms with Crippen molar-refractivity contribution >= 4 is 0 Å². The molecule has 0 saturated carbocycles. The Labute approximate surface area is 118 Å². The van der Waals surface area contributed by atoms with Crippen LogP contribution in [0.15, 0.2) is 24.3 Å². The van der Waals surface area contributed by atoms with Crippen LogP contribution >= 0.6 is 0 Å². The lowest BCUT2D eigenvalue weighted by atomic mass is 10.1. The third-order valence-electron chi connectivity index (χ3n) is 3.08. The first-order valence-electron chi connectivity index (χ1n) is 7.45. The van der Waals surface area contributed by atoms with E-state index in [4.69, 9.17) is 4.74 Å². The minimum absolute atomic E-state index is 0.141. The van der Waals surface area contributed by atoms with E-state index in [1.807, 2.05) is 0 Å². The molecule has 0 radical (unpaired) electrons. The number of rotatable bonds is 7. The molecule has 19 heavy (non-hydrogen) atoms. The van der Waals surface area contributed by atoms with Crippen LogP contribution in [-0.2, 0) is 6.42 Å².